The van der Waals surface area contributed by atoms with Gasteiger partial charge in [-0.05, 0) is 24.6 Å². The standard InChI is InChI=1S/C9H7NO2/c1-6-2-3-8(9(11)12)7(4-6)5-10/h2-4H,1H3,(H,11,12). The maximum atomic E-state index is 10.5. The highest BCUT2D eigenvalue weighted by Gasteiger charge is 2.08. The lowest BCUT2D eigenvalue weighted by Crippen LogP contribution is -1.99. The average Bonchev–Trinajstić information content (AvgIpc) is 2.03. The molecule has 3 nitrogen and oxygen atoms in total. The number of nitrogens with zero attached hydrogens (tertiary/aromatic N) is 1. The molecule has 60 valence electrons. The van der Waals surface area contributed by atoms with Crippen LogP contribution in [0.5, 0.6) is 0 Å². The first kappa shape index (κ1) is 8.28. The lowest BCUT2D eigenvalue weighted by atomic mass is 10.1. The molecule has 3 heteroatoms. The van der Waals surface area contributed by atoms with Gasteiger partial charge in [0.1, 0.15) is 6.07 Å². The maximum Gasteiger partial charge on any atom is 0.337 e. The third-order valence-electron chi connectivity index (χ3n) is 1.53. The van der Waals surface area contributed by atoms with Crippen molar-refractivity contribution in [3.05, 3.63) is 34.9 Å². The second kappa shape index (κ2) is 3.05. The zero-order valence-electron chi connectivity index (χ0n) is 6.53. The minimum Gasteiger partial charge on any atom is -0.478 e. The SMILES string of the molecule is Cc1ccc(C(=O)O)c(C#N)c1. The number of carboxylic acids is 1. The molecule has 0 aromatic heterocycles. The highest BCUT2D eigenvalue weighted by molar-refractivity contribution is 5.90. The summed E-state index contributed by atoms with van der Waals surface area (Å²) >= 11 is 0. The van der Waals surface area contributed by atoms with E-state index >= 15 is 0 Å². The molecule has 1 aromatic carbocycles. The van der Waals surface area contributed by atoms with Gasteiger partial charge in [-0.15, -0.1) is 0 Å². The topological polar surface area (TPSA) is 61.1 Å². The Balaban J connectivity index is 3.32. The van der Waals surface area contributed by atoms with Crippen LogP contribution in [0.25, 0.3) is 0 Å². The van der Waals surface area contributed by atoms with Crippen molar-refractivity contribution in [1.82, 2.24) is 0 Å². The highest BCUT2D eigenvalue weighted by atomic mass is 16.4. The van der Waals surface area contributed by atoms with Gasteiger partial charge in [-0.2, -0.15) is 5.26 Å². The largest absolute Gasteiger partial charge is 0.478 e. The number of benzene rings is 1. The predicted molar refractivity (Wildman–Crippen MR) is 42.9 cm³/mol. The fourth-order valence-electron chi connectivity index (χ4n) is 0.937. The van der Waals surface area contributed by atoms with Crippen molar-refractivity contribution in [3.63, 3.8) is 0 Å². The molecular formula is C9H7NO2. The third-order valence-corrected chi connectivity index (χ3v) is 1.53. The summed E-state index contributed by atoms with van der Waals surface area (Å²) in [4.78, 5) is 10.5. The summed E-state index contributed by atoms with van der Waals surface area (Å²) in [5, 5.41) is 17.2. The minimum absolute atomic E-state index is 0.0584. The molecular weight excluding hydrogens is 154 g/mol. The molecule has 0 fully saturated rings. The molecule has 0 spiro atoms. The van der Waals surface area contributed by atoms with E-state index in [9.17, 15) is 4.79 Å². The molecule has 0 aliphatic carbocycles. The molecule has 0 aliphatic rings. The van der Waals surface area contributed by atoms with Gasteiger partial charge in [0, 0.05) is 0 Å². The number of hydrogen-bond acceptors (Lipinski definition) is 2. The van der Waals surface area contributed by atoms with Gasteiger partial charge in [0.2, 0.25) is 0 Å². The predicted octanol–water partition coefficient (Wildman–Crippen LogP) is 1.56. The molecule has 1 rings (SSSR count). The molecule has 1 aromatic rings. The average molecular weight is 161 g/mol. The molecule has 0 saturated carbocycles. The number of rotatable bonds is 1. The fourth-order valence-corrected chi connectivity index (χ4v) is 0.937. The zero-order valence-corrected chi connectivity index (χ0v) is 6.53. The van der Waals surface area contributed by atoms with Crippen LogP contribution in [0.15, 0.2) is 18.2 Å². The summed E-state index contributed by atoms with van der Waals surface area (Å²) in [5.74, 6) is -1.06. The summed E-state index contributed by atoms with van der Waals surface area (Å²) in [6, 6.07) is 6.51. The number of aryl methyl sites for hydroxylation is 1. The normalized spacial score (nSPS) is 9.00. The number of hydrogen-bond donors (Lipinski definition) is 1. The molecule has 1 N–H and O–H groups in total. The third kappa shape index (κ3) is 1.43. The summed E-state index contributed by atoms with van der Waals surface area (Å²) in [7, 11) is 0. The van der Waals surface area contributed by atoms with Gasteiger partial charge in [0.15, 0.2) is 0 Å². The van der Waals surface area contributed by atoms with Crippen LogP contribution in [0.1, 0.15) is 21.5 Å². The van der Waals surface area contributed by atoms with E-state index in [0.717, 1.165) is 5.56 Å². The molecule has 0 saturated heterocycles. The van der Waals surface area contributed by atoms with Crippen LogP contribution >= 0.6 is 0 Å². The van der Waals surface area contributed by atoms with E-state index in [2.05, 4.69) is 0 Å². The van der Waals surface area contributed by atoms with Gasteiger partial charge in [-0.25, -0.2) is 4.79 Å². The second-order valence-electron chi connectivity index (χ2n) is 2.47. The first-order chi connectivity index (χ1) is 5.65. The maximum absolute atomic E-state index is 10.5. The van der Waals surface area contributed by atoms with Crippen molar-refractivity contribution in [2.45, 2.75) is 6.92 Å². The summed E-state index contributed by atoms with van der Waals surface area (Å²) in [6.07, 6.45) is 0. The van der Waals surface area contributed by atoms with E-state index < -0.39 is 5.97 Å². The van der Waals surface area contributed by atoms with Crippen LogP contribution in [-0.2, 0) is 0 Å². The Morgan fingerprint density at radius 2 is 2.25 bits per heavy atom. The molecule has 0 radical (unpaired) electrons. The number of carboxylic acid groups (broad SMARTS) is 1. The van der Waals surface area contributed by atoms with Crippen LogP contribution in [0.4, 0.5) is 0 Å². The van der Waals surface area contributed by atoms with Gasteiger partial charge in [0.25, 0.3) is 0 Å². The lowest BCUT2D eigenvalue weighted by Gasteiger charge is -1.98. The minimum atomic E-state index is -1.06. The molecule has 0 amide bonds. The lowest BCUT2D eigenvalue weighted by molar-refractivity contribution is 0.0696. The summed E-state index contributed by atoms with van der Waals surface area (Å²) in [5.41, 5.74) is 1.15. The molecule has 0 atom stereocenters. The summed E-state index contributed by atoms with van der Waals surface area (Å²) < 4.78 is 0. The number of nitriles is 1. The van der Waals surface area contributed by atoms with Crippen molar-refractivity contribution in [2.75, 3.05) is 0 Å². The van der Waals surface area contributed by atoms with Crippen LogP contribution in [-0.4, -0.2) is 11.1 Å². The fraction of sp³-hybridized carbons (Fsp3) is 0.111. The van der Waals surface area contributed by atoms with Crippen molar-refractivity contribution in [2.24, 2.45) is 0 Å². The Labute approximate surface area is 69.9 Å². The Morgan fingerprint density at radius 3 is 2.75 bits per heavy atom. The van der Waals surface area contributed by atoms with Crippen LogP contribution in [0.2, 0.25) is 0 Å². The van der Waals surface area contributed by atoms with Gasteiger partial charge in [-0.1, -0.05) is 6.07 Å². The van der Waals surface area contributed by atoms with Crippen molar-refractivity contribution < 1.29 is 9.90 Å². The van der Waals surface area contributed by atoms with Gasteiger partial charge in [0.05, 0.1) is 11.1 Å². The van der Waals surface area contributed by atoms with E-state index in [1.54, 1.807) is 12.1 Å². The van der Waals surface area contributed by atoms with E-state index in [1.807, 2.05) is 13.0 Å². The molecule has 0 aliphatic heterocycles. The van der Waals surface area contributed by atoms with E-state index in [0.29, 0.717) is 0 Å². The molecule has 0 heterocycles. The van der Waals surface area contributed by atoms with E-state index in [-0.39, 0.29) is 11.1 Å². The second-order valence-corrected chi connectivity index (χ2v) is 2.47. The highest BCUT2D eigenvalue weighted by Crippen LogP contribution is 2.10. The van der Waals surface area contributed by atoms with Crippen LogP contribution < -0.4 is 0 Å². The van der Waals surface area contributed by atoms with Crippen molar-refractivity contribution >= 4 is 5.97 Å². The first-order valence-electron chi connectivity index (χ1n) is 3.39. The summed E-state index contributed by atoms with van der Waals surface area (Å²) in [6.45, 7) is 1.81. The first-order valence-corrected chi connectivity index (χ1v) is 3.39. The van der Waals surface area contributed by atoms with Gasteiger partial charge < -0.3 is 5.11 Å². The molecule has 12 heavy (non-hydrogen) atoms. The Morgan fingerprint density at radius 1 is 1.58 bits per heavy atom. The Kier molecular flexibility index (Phi) is 2.11. The zero-order chi connectivity index (χ0) is 9.14. The smallest absolute Gasteiger partial charge is 0.337 e. The van der Waals surface area contributed by atoms with Crippen molar-refractivity contribution in [1.29, 1.82) is 5.26 Å². The van der Waals surface area contributed by atoms with Gasteiger partial charge in [-0.3, -0.25) is 0 Å². The number of aromatic carboxylic acids is 1. The van der Waals surface area contributed by atoms with Crippen molar-refractivity contribution in [3.8, 4) is 6.07 Å². The Bertz CT molecular complexity index is 363. The van der Waals surface area contributed by atoms with Gasteiger partial charge >= 0.3 is 5.97 Å². The van der Waals surface area contributed by atoms with E-state index in [1.165, 1.54) is 6.07 Å². The van der Waals surface area contributed by atoms with E-state index in [4.69, 9.17) is 10.4 Å². The monoisotopic (exact) mass is 161 g/mol. The number of carbonyl (C=O) groups is 1. The van der Waals surface area contributed by atoms with Crippen LogP contribution in [0.3, 0.4) is 0 Å². The Hall–Kier alpha value is -1.82. The molecule has 0 unspecified atom stereocenters. The van der Waals surface area contributed by atoms with Crippen LogP contribution in [0, 0.1) is 18.3 Å². The molecule has 0 bridgehead atoms. The quantitative estimate of drug-likeness (QED) is 0.679.